The van der Waals surface area contributed by atoms with E-state index in [1.165, 1.54) is 0 Å². The van der Waals surface area contributed by atoms with Crippen LogP contribution >= 0.6 is 0 Å². The summed E-state index contributed by atoms with van der Waals surface area (Å²) < 4.78 is 32.6. The summed E-state index contributed by atoms with van der Waals surface area (Å²) in [6.45, 7) is 3.19. The number of sulfonamides is 1. The zero-order valence-corrected chi connectivity index (χ0v) is 15.0. The molecule has 1 fully saturated rings. The molecule has 0 unspecified atom stereocenters. The number of hydrogen-bond acceptors (Lipinski definition) is 6. The lowest BCUT2D eigenvalue weighted by molar-refractivity contribution is 0.281. The quantitative estimate of drug-likeness (QED) is 0.900. The average molecular weight is 360 g/mol. The minimum atomic E-state index is -3.49. The van der Waals surface area contributed by atoms with Crippen molar-refractivity contribution in [2.75, 3.05) is 25.5 Å². The summed E-state index contributed by atoms with van der Waals surface area (Å²) in [6, 6.07) is 8.35. The zero-order chi connectivity index (χ0) is 18.0. The average Bonchev–Trinajstić information content (AvgIpc) is 3.05. The summed E-state index contributed by atoms with van der Waals surface area (Å²) in [5.74, 6) is 0.937. The Labute approximate surface area is 147 Å². The molecule has 2 heterocycles. The minimum Gasteiger partial charge on any atom is -0.419 e. The number of aromatic nitrogens is 1. The smallest absolute Gasteiger partial charge is 0.243 e. The standard InChI is InChI=1S/C17H20N4O3S/c1-12-4-3-9-21(11-12)25(22,23)14-7-5-13(6-8-14)16-20-15(10-18)17(19-2)24-16/h5-8,12,19H,3-4,9,11H2,1-2H3/t12-/m0/s1. The van der Waals surface area contributed by atoms with Gasteiger partial charge in [0.05, 0.1) is 4.90 Å². The molecule has 8 heteroatoms. The Kier molecular flexibility index (Phi) is 4.79. The van der Waals surface area contributed by atoms with Crippen molar-refractivity contribution >= 4 is 15.9 Å². The van der Waals surface area contributed by atoms with E-state index in [2.05, 4.69) is 17.2 Å². The van der Waals surface area contributed by atoms with E-state index in [0.29, 0.717) is 24.6 Å². The van der Waals surface area contributed by atoms with Crippen molar-refractivity contribution in [3.63, 3.8) is 0 Å². The van der Waals surface area contributed by atoms with Crippen molar-refractivity contribution in [1.29, 1.82) is 5.26 Å². The first-order chi connectivity index (χ1) is 12.0. The molecule has 1 aromatic heterocycles. The molecule has 0 amide bonds. The zero-order valence-electron chi connectivity index (χ0n) is 14.2. The van der Waals surface area contributed by atoms with Crippen LogP contribution in [0.3, 0.4) is 0 Å². The second-order valence-electron chi connectivity index (χ2n) is 6.19. The number of nitrogens with zero attached hydrogens (tertiary/aromatic N) is 3. The maximum Gasteiger partial charge on any atom is 0.243 e. The van der Waals surface area contributed by atoms with Gasteiger partial charge in [0, 0.05) is 25.7 Å². The van der Waals surface area contributed by atoms with Gasteiger partial charge in [-0.3, -0.25) is 0 Å². The number of piperidine rings is 1. The van der Waals surface area contributed by atoms with Gasteiger partial charge in [-0.1, -0.05) is 6.92 Å². The topological polar surface area (TPSA) is 99.2 Å². The Bertz CT molecular complexity index is 897. The molecule has 132 valence electrons. The van der Waals surface area contributed by atoms with Crippen LogP contribution in [-0.2, 0) is 10.0 Å². The molecule has 1 aliphatic heterocycles. The second kappa shape index (κ2) is 6.86. The number of anilines is 1. The predicted octanol–water partition coefficient (Wildman–Crippen LogP) is 2.68. The summed E-state index contributed by atoms with van der Waals surface area (Å²) >= 11 is 0. The molecule has 25 heavy (non-hydrogen) atoms. The Morgan fingerprint density at radius 3 is 2.64 bits per heavy atom. The highest BCUT2D eigenvalue weighted by atomic mass is 32.2. The maximum atomic E-state index is 12.8. The molecule has 1 N–H and O–H groups in total. The van der Waals surface area contributed by atoms with Crippen LogP contribution < -0.4 is 5.32 Å². The van der Waals surface area contributed by atoms with Crippen molar-refractivity contribution in [2.24, 2.45) is 5.92 Å². The van der Waals surface area contributed by atoms with Gasteiger partial charge in [-0.2, -0.15) is 14.6 Å². The number of nitriles is 1. The van der Waals surface area contributed by atoms with E-state index in [-0.39, 0.29) is 22.4 Å². The van der Waals surface area contributed by atoms with Crippen LogP contribution in [0.2, 0.25) is 0 Å². The van der Waals surface area contributed by atoms with Crippen LogP contribution in [0.5, 0.6) is 0 Å². The van der Waals surface area contributed by atoms with Gasteiger partial charge < -0.3 is 9.73 Å². The molecular formula is C17H20N4O3S. The van der Waals surface area contributed by atoms with E-state index in [1.807, 2.05) is 6.07 Å². The molecule has 0 aliphatic carbocycles. The summed E-state index contributed by atoms with van der Waals surface area (Å²) in [6.07, 6.45) is 1.95. The highest BCUT2D eigenvalue weighted by molar-refractivity contribution is 7.89. The monoisotopic (exact) mass is 360 g/mol. The maximum absolute atomic E-state index is 12.8. The molecule has 0 radical (unpaired) electrons. The van der Waals surface area contributed by atoms with Gasteiger partial charge in [0.1, 0.15) is 6.07 Å². The Morgan fingerprint density at radius 1 is 1.36 bits per heavy atom. The highest BCUT2D eigenvalue weighted by Crippen LogP contribution is 2.28. The molecule has 7 nitrogen and oxygen atoms in total. The fourth-order valence-electron chi connectivity index (χ4n) is 2.97. The molecule has 0 spiro atoms. The molecule has 0 saturated carbocycles. The molecule has 0 bridgehead atoms. The molecule has 1 aromatic carbocycles. The van der Waals surface area contributed by atoms with Gasteiger partial charge in [-0.25, -0.2) is 8.42 Å². The van der Waals surface area contributed by atoms with Crippen LogP contribution in [-0.4, -0.2) is 37.8 Å². The molecular weight excluding hydrogens is 340 g/mol. The Hall–Kier alpha value is -2.37. The van der Waals surface area contributed by atoms with Crippen LogP contribution in [0.15, 0.2) is 33.6 Å². The number of nitrogens with one attached hydrogen (secondary N) is 1. The Balaban J connectivity index is 1.87. The number of benzene rings is 1. The van der Waals surface area contributed by atoms with Crippen molar-refractivity contribution in [3.8, 4) is 17.5 Å². The number of oxazole rings is 1. The molecule has 3 rings (SSSR count). The van der Waals surface area contributed by atoms with E-state index >= 15 is 0 Å². The first kappa shape index (κ1) is 17.5. The third-order valence-electron chi connectivity index (χ3n) is 4.32. The van der Waals surface area contributed by atoms with E-state index < -0.39 is 10.0 Å². The fraction of sp³-hybridized carbons (Fsp3) is 0.412. The van der Waals surface area contributed by atoms with Gasteiger partial charge >= 0.3 is 0 Å². The van der Waals surface area contributed by atoms with Gasteiger partial charge in [0.2, 0.25) is 27.5 Å². The lowest BCUT2D eigenvalue weighted by atomic mass is 10.0. The van der Waals surface area contributed by atoms with Gasteiger partial charge in [0.15, 0.2) is 0 Å². The third kappa shape index (κ3) is 3.38. The van der Waals surface area contributed by atoms with Crippen molar-refractivity contribution < 1.29 is 12.8 Å². The first-order valence-corrected chi connectivity index (χ1v) is 9.59. The lowest BCUT2D eigenvalue weighted by Gasteiger charge is -2.30. The van der Waals surface area contributed by atoms with E-state index in [4.69, 9.17) is 9.68 Å². The molecule has 1 saturated heterocycles. The van der Waals surface area contributed by atoms with Crippen molar-refractivity contribution in [2.45, 2.75) is 24.7 Å². The van der Waals surface area contributed by atoms with Crippen LogP contribution in [0.4, 0.5) is 5.88 Å². The highest BCUT2D eigenvalue weighted by Gasteiger charge is 2.28. The van der Waals surface area contributed by atoms with Crippen LogP contribution in [0.25, 0.3) is 11.5 Å². The largest absolute Gasteiger partial charge is 0.419 e. The van der Waals surface area contributed by atoms with E-state index in [0.717, 1.165) is 12.8 Å². The van der Waals surface area contributed by atoms with E-state index in [9.17, 15) is 8.42 Å². The fourth-order valence-corrected chi connectivity index (χ4v) is 4.57. The van der Waals surface area contributed by atoms with Gasteiger partial charge in [-0.15, -0.1) is 0 Å². The summed E-state index contributed by atoms with van der Waals surface area (Å²) in [5, 5.41) is 11.8. The first-order valence-electron chi connectivity index (χ1n) is 8.15. The summed E-state index contributed by atoms with van der Waals surface area (Å²) in [4.78, 5) is 4.37. The molecule has 2 aromatic rings. The number of hydrogen-bond donors (Lipinski definition) is 1. The molecule has 1 aliphatic rings. The minimum absolute atomic E-state index is 0.163. The van der Waals surface area contributed by atoms with Gasteiger partial charge in [-0.05, 0) is 43.0 Å². The predicted molar refractivity (Wildman–Crippen MR) is 93.4 cm³/mol. The van der Waals surface area contributed by atoms with Crippen LogP contribution in [0, 0.1) is 17.2 Å². The van der Waals surface area contributed by atoms with Gasteiger partial charge in [0.25, 0.3) is 0 Å². The SMILES string of the molecule is CNc1oc(-c2ccc(S(=O)(=O)N3CCC[C@H](C)C3)cc2)nc1C#N. The summed E-state index contributed by atoms with van der Waals surface area (Å²) in [7, 11) is -1.85. The van der Waals surface area contributed by atoms with Crippen molar-refractivity contribution in [1.82, 2.24) is 9.29 Å². The number of rotatable bonds is 4. The van der Waals surface area contributed by atoms with Crippen LogP contribution in [0.1, 0.15) is 25.5 Å². The van der Waals surface area contributed by atoms with Crippen molar-refractivity contribution in [3.05, 3.63) is 30.0 Å². The normalized spacial score (nSPS) is 18.7. The third-order valence-corrected chi connectivity index (χ3v) is 6.20. The second-order valence-corrected chi connectivity index (χ2v) is 8.13. The lowest BCUT2D eigenvalue weighted by Crippen LogP contribution is -2.39. The summed E-state index contributed by atoms with van der Waals surface area (Å²) in [5.41, 5.74) is 0.778. The Morgan fingerprint density at radius 2 is 2.08 bits per heavy atom. The van der Waals surface area contributed by atoms with E-state index in [1.54, 1.807) is 35.6 Å². The molecule has 1 atom stereocenters.